The molecule has 14 atom stereocenters. The van der Waals surface area contributed by atoms with Gasteiger partial charge in [0.2, 0.25) is 0 Å². The minimum Gasteiger partial charge on any atom is -0.465 e. The Balaban J connectivity index is 0.000000107. The Hall–Kier alpha value is -1.59. The first-order valence-electron chi connectivity index (χ1n) is 18.4. The molecule has 0 spiro atoms. The van der Waals surface area contributed by atoms with E-state index in [1.807, 2.05) is 20.8 Å². The summed E-state index contributed by atoms with van der Waals surface area (Å²) in [5.74, 6) is 10.1. The lowest BCUT2D eigenvalue weighted by atomic mass is 9.60. The molecule has 11 rings (SSSR count). The highest BCUT2D eigenvalue weighted by molar-refractivity contribution is 5.82. The van der Waals surface area contributed by atoms with Gasteiger partial charge in [-0.25, -0.2) is 0 Å². The van der Waals surface area contributed by atoms with E-state index in [0.29, 0.717) is 17.8 Å². The van der Waals surface area contributed by atoms with Crippen molar-refractivity contribution < 1.29 is 28.6 Å². The number of fused-ring (bicyclic) bond motifs is 15. The first-order chi connectivity index (χ1) is 20.8. The Kier molecular flexibility index (Phi) is 7.38. The standard InChI is InChI=1S/C16H22O2.C10H14O2.C10H16O2.C2H6/c1-6-7(2)9-3-8(6)13-10-4-11(14(9)13)15-12(10)5-18-16(15)17;11-10-8-2-6-1-7(3-8)5-9(4-6)12-10;1-8(2)9(3)5-6-10(8,4)12-7(9)11;1-2/h6-15H,3-5H2,1-2H3;6-9H,1-5H2;5-6H2,1-4H3;1-2H3. The van der Waals surface area contributed by atoms with Gasteiger partial charge in [-0.15, -0.1) is 0 Å². The lowest BCUT2D eigenvalue weighted by molar-refractivity contribution is -0.158. The molecule has 0 amide bonds. The molecule has 7 saturated carbocycles. The fourth-order valence-electron chi connectivity index (χ4n) is 13.1. The Morgan fingerprint density at radius 1 is 0.659 bits per heavy atom. The average Bonchev–Trinajstić information content (AvgIpc) is 3.80. The number of esters is 3. The Morgan fingerprint density at radius 3 is 1.77 bits per heavy atom. The van der Waals surface area contributed by atoms with E-state index in [1.54, 1.807) is 0 Å². The molecule has 0 aromatic heterocycles. The lowest BCUT2D eigenvalue weighted by Crippen LogP contribution is -2.42. The highest BCUT2D eigenvalue weighted by Gasteiger charge is 2.72. The molecule has 44 heavy (non-hydrogen) atoms. The van der Waals surface area contributed by atoms with Crippen LogP contribution in [-0.2, 0) is 28.6 Å². The van der Waals surface area contributed by atoms with Crippen LogP contribution in [0.3, 0.4) is 0 Å². The van der Waals surface area contributed by atoms with E-state index in [1.165, 1.54) is 19.3 Å². The summed E-state index contributed by atoms with van der Waals surface area (Å²) in [6.07, 6.45) is 11.0. The molecule has 0 aromatic carbocycles. The maximum atomic E-state index is 12.0. The fourth-order valence-corrected chi connectivity index (χ4v) is 13.1. The number of ether oxygens (including phenoxy) is 3. The van der Waals surface area contributed by atoms with E-state index in [0.717, 1.165) is 98.4 Å². The van der Waals surface area contributed by atoms with Crippen molar-refractivity contribution >= 4 is 17.9 Å². The van der Waals surface area contributed by atoms with E-state index in [9.17, 15) is 14.4 Å². The van der Waals surface area contributed by atoms with E-state index >= 15 is 0 Å². The molecular formula is C38H58O6. The summed E-state index contributed by atoms with van der Waals surface area (Å²) in [6, 6.07) is 0. The number of rotatable bonds is 0. The molecule has 0 radical (unpaired) electrons. The van der Waals surface area contributed by atoms with Crippen molar-refractivity contribution in [3.05, 3.63) is 0 Å². The van der Waals surface area contributed by atoms with Crippen LogP contribution in [-0.4, -0.2) is 36.2 Å². The van der Waals surface area contributed by atoms with Gasteiger partial charge in [-0.05, 0) is 131 Å². The largest absolute Gasteiger partial charge is 0.465 e. The second kappa shape index (κ2) is 10.5. The van der Waals surface area contributed by atoms with Crippen molar-refractivity contribution in [3.8, 4) is 0 Å². The van der Waals surface area contributed by atoms with Gasteiger partial charge in [-0.2, -0.15) is 0 Å². The van der Waals surface area contributed by atoms with Crippen molar-refractivity contribution in [2.45, 2.75) is 125 Å². The number of hydrogen-bond acceptors (Lipinski definition) is 6. The zero-order valence-corrected chi connectivity index (χ0v) is 28.6. The molecule has 7 aliphatic carbocycles. The lowest BCUT2D eigenvalue weighted by Gasteiger charge is -2.43. The summed E-state index contributed by atoms with van der Waals surface area (Å²) in [7, 11) is 0. The van der Waals surface area contributed by atoms with Gasteiger partial charge in [0, 0.05) is 11.3 Å². The van der Waals surface area contributed by atoms with Gasteiger partial charge < -0.3 is 14.2 Å². The van der Waals surface area contributed by atoms with Crippen molar-refractivity contribution in [1.82, 2.24) is 0 Å². The van der Waals surface area contributed by atoms with E-state index in [4.69, 9.17) is 14.2 Å². The van der Waals surface area contributed by atoms with Crippen LogP contribution in [0.2, 0.25) is 0 Å². The van der Waals surface area contributed by atoms with Gasteiger partial charge in [0.05, 0.1) is 23.9 Å². The maximum Gasteiger partial charge on any atom is 0.313 e. The van der Waals surface area contributed by atoms with Crippen LogP contribution >= 0.6 is 0 Å². The molecule has 0 aromatic rings. The molecule has 246 valence electrons. The van der Waals surface area contributed by atoms with Gasteiger partial charge in [0.25, 0.3) is 0 Å². The number of carbonyl (C=O) groups excluding carboxylic acids is 3. The molecule has 4 heterocycles. The second-order valence-corrected chi connectivity index (χ2v) is 17.6. The third-order valence-electron chi connectivity index (χ3n) is 16.1. The minimum absolute atomic E-state index is 0.00116. The monoisotopic (exact) mass is 610 g/mol. The third-order valence-corrected chi connectivity index (χ3v) is 16.1. The summed E-state index contributed by atoms with van der Waals surface area (Å²) in [6.45, 7) is 18.1. The van der Waals surface area contributed by atoms with Gasteiger partial charge in [0.15, 0.2) is 0 Å². The zero-order valence-electron chi connectivity index (χ0n) is 28.6. The van der Waals surface area contributed by atoms with Crippen LogP contribution < -0.4 is 0 Å². The van der Waals surface area contributed by atoms with Gasteiger partial charge in [-0.1, -0.05) is 41.5 Å². The van der Waals surface area contributed by atoms with Crippen molar-refractivity contribution in [3.63, 3.8) is 0 Å². The van der Waals surface area contributed by atoms with Gasteiger partial charge >= 0.3 is 17.9 Å². The number of cyclic esters (lactones) is 1. The first-order valence-corrected chi connectivity index (χ1v) is 18.4. The quantitative estimate of drug-likeness (QED) is 0.161. The molecule has 4 saturated heterocycles. The Bertz CT molecular complexity index is 1180. The molecule has 11 fully saturated rings. The SMILES string of the molecule is CC.CC12CCC(C)(C(=O)O1)C2(C)C.CC1C(C)C2CC1C1C3CC(C4C(=O)OCC34)C21.O=C1OC2CC3CC(C2)CC1C3. The summed E-state index contributed by atoms with van der Waals surface area (Å²) < 4.78 is 16.2. The van der Waals surface area contributed by atoms with Gasteiger partial charge in [0.1, 0.15) is 11.7 Å². The summed E-state index contributed by atoms with van der Waals surface area (Å²) >= 11 is 0. The summed E-state index contributed by atoms with van der Waals surface area (Å²) in [4.78, 5) is 35.0. The Labute approximate surface area is 265 Å². The highest BCUT2D eigenvalue weighted by atomic mass is 16.6. The average molecular weight is 611 g/mol. The van der Waals surface area contributed by atoms with Crippen LogP contribution in [0.15, 0.2) is 0 Å². The molecule has 14 unspecified atom stereocenters. The van der Waals surface area contributed by atoms with E-state index in [-0.39, 0.29) is 46.4 Å². The molecule has 10 bridgehead atoms. The topological polar surface area (TPSA) is 78.9 Å². The van der Waals surface area contributed by atoms with Crippen LogP contribution in [0.5, 0.6) is 0 Å². The fraction of sp³-hybridized carbons (Fsp3) is 0.921. The van der Waals surface area contributed by atoms with Crippen molar-refractivity contribution in [2.24, 2.45) is 87.8 Å². The van der Waals surface area contributed by atoms with Crippen molar-refractivity contribution in [1.29, 1.82) is 0 Å². The Morgan fingerprint density at radius 2 is 1.25 bits per heavy atom. The molecule has 0 N–H and O–H groups in total. The third kappa shape index (κ3) is 4.12. The number of hydrogen-bond donors (Lipinski definition) is 0. The first kappa shape index (κ1) is 31.0. The molecule has 6 heteroatoms. The molecule has 6 nitrogen and oxygen atoms in total. The normalized spacial score (nSPS) is 55.0. The van der Waals surface area contributed by atoms with Crippen LogP contribution in [0.4, 0.5) is 0 Å². The van der Waals surface area contributed by atoms with Crippen LogP contribution in [0, 0.1) is 87.8 Å². The van der Waals surface area contributed by atoms with E-state index in [2.05, 4.69) is 34.6 Å². The van der Waals surface area contributed by atoms with Crippen LogP contribution in [0.25, 0.3) is 0 Å². The minimum atomic E-state index is -0.234. The summed E-state index contributed by atoms with van der Waals surface area (Å²) in [5.41, 5.74) is -0.447. The summed E-state index contributed by atoms with van der Waals surface area (Å²) in [5, 5.41) is 0. The highest BCUT2D eigenvalue weighted by Crippen LogP contribution is 2.73. The van der Waals surface area contributed by atoms with Crippen molar-refractivity contribution in [2.75, 3.05) is 6.61 Å². The van der Waals surface area contributed by atoms with Gasteiger partial charge in [-0.3, -0.25) is 14.4 Å². The predicted molar refractivity (Wildman–Crippen MR) is 167 cm³/mol. The maximum absolute atomic E-state index is 12.0. The molecular weight excluding hydrogens is 552 g/mol. The second-order valence-electron chi connectivity index (χ2n) is 17.6. The smallest absolute Gasteiger partial charge is 0.313 e. The predicted octanol–water partition coefficient (Wildman–Crippen LogP) is 7.47. The van der Waals surface area contributed by atoms with Crippen LogP contribution in [0.1, 0.15) is 113 Å². The van der Waals surface area contributed by atoms with E-state index < -0.39 is 0 Å². The molecule has 11 aliphatic rings. The zero-order chi connectivity index (χ0) is 31.5. The number of carbonyl (C=O) groups is 3. The molecule has 4 aliphatic heterocycles.